The molecule has 6 nitrogen and oxygen atoms in total. The van der Waals surface area contributed by atoms with E-state index in [0.29, 0.717) is 13.2 Å². The molecule has 0 fully saturated rings. The first-order chi connectivity index (χ1) is 14.1. The fraction of sp³-hybridized carbons (Fsp3) is 0.435. The maximum atomic E-state index is 5.81. The minimum atomic E-state index is 0.600. The summed E-state index contributed by atoms with van der Waals surface area (Å²) in [6.07, 6.45) is 0.920. The monoisotopic (exact) mass is 398 g/mol. The predicted molar refractivity (Wildman–Crippen MR) is 120 cm³/mol. The summed E-state index contributed by atoms with van der Waals surface area (Å²) in [5, 5.41) is 6.70. The quantitative estimate of drug-likeness (QED) is 0.450. The van der Waals surface area contributed by atoms with Gasteiger partial charge in [0.1, 0.15) is 18.1 Å². The Kier molecular flexibility index (Phi) is 9.86. The Hall–Kier alpha value is -2.73. The van der Waals surface area contributed by atoms with E-state index in [1.54, 1.807) is 7.11 Å². The molecule has 0 atom stereocenters. The SMILES string of the molecule is CCNC(=NCc1cccc(OCCN(C)C)c1)NCCc1ccc(OC)cc1. The van der Waals surface area contributed by atoms with Crippen molar-refractivity contribution in [2.24, 2.45) is 4.99 Å². The van der Waals surface area contributed by atoms with Crippen molar-refractivity contribution in [1.29, 1.82) is 0 Å². The Bertz CT molecular complexity index is 745. The Balaban J connectivity index is 1.85. The van der Waals surface area contributed by atoms with Gasteiger partial charge in [-0.05, 0) is 62.8 Å². The van der Waals surface area contributed by atoms with Gasteiger partial charge in [-0.25, -0.2) is 4.99 Å². The van der Waals surface area contributed by atoms with Crippen LogP contribution >= 0.6 is 0 Å². The number of hydrogen-bond donors (Lipinski definition) is 2. The van der Waals surface area contributed by atoms with Crippen molar-refractivity contribution in [3.63, 3.8) is 0 Å². The highest BCUT2D eigenvalue weighted by atomic mass is 16.5. The van der Waals surface area contributed by atoms with Crippen molar-refractivity contribution in [1.82, 2.24) is 15.5 Å². The zero-order valence-corrected chi connectivity index (χ0v) is 18.1. The highest BCUT2D eigenvalue weighted by molar-refractivity contribution is 5.79. The van der Waals surface area contributed by atoms with E-state index < -0.39 is 0 Å². The van der Waals surface area contributed by atoms with Crippen molar-refractivity contribution >= 4 is 5.96 Å². The first-order valence-electron chi connectivity index (χ1n) is 10.1. The van der Waals surface area contributed by atoms with Crippen molar-refractivity contribution in [2.75, 3.05) is 47.4 Å². The van der Waals surface area contributed by atoms with Crippen LogP contribution in [0.3, 0.4) is 0 Å². The minimum Gasteiger partial charge on any atom is -0.497 e. The number of nitrogens with zero attached hydrogens (tertiary/aromatic N) is 2. The summed E-state index contributed by atoms with van der Waals surface area (Å²) in [6, 6.07) is 16.3. The third-order valence-corrected chi connectivity index (χ3v) is 4.33. The Morgan fingerprint density at radius 1 is 1.00 bits per heavy atom. The van der Waals surface area contributed by atoms with Gasteiger partial charge in [-0.3, -0.25) is 0 Å². The molecule has 0 unspecified atom stereocenters. The number of hydrogen-bond acceptors (Lipinski definition) is 4. The molecule has 0 spiro atoms. The highest BCUT2D eigenvalue weighted by Gasteiger charge is 2.01. The third-order valence-electron chi connectivity index (χ3n) is 4.33. The molecule has 0 bridgehead atoms. The van der Waals surface area contributed by atoms with Gasteiger partial charge in [0, 0.05) is 19.6 Å². The largest absolute Gasteiger partial charge is 0.497 e. The molecule has 158 valence electrons. The van der Waals surface area contributed by atoms with Gasteiger partial charge >= 0.3 is 0 Å². The number of guanidine groups is 1. The third kappa shape index (κ3) is 8.87. The number of ether oxygens (including phenoxy) is 2. The van der Waals surface area contributed by atoms with Crippen LogP contribution in [0.2, 0.25) is 0 Å². The van der Waals surface area contributed by atoms with Crippen LogP contribution in [0.25, 0.3) is 0 Å². The van der Waals surface area contributed by atoms with Crippen LogP contribution < -0.4 is 20.1 Å². The van der Waals surface area contributed by atoms with Crippen LogP contribution in [-0.4, -0.2) is 58.3 Å². The molecule has 0 radical (unpaired) electrons. The molecule has 0 aliphatic carbocycles. The van der Waals surface area contributed by atoms with Gasteiger partial charge in [-0.2, -0.15) is 0 Å². The summed E-state index contributed by atoms with van der Waals surface area (Å²) in [6.45, 7) is 5.87. The minimum absolute atomic E-state index is 0.600. The second kappa shape index (κ2) is 12.7. The number of likely N-dealkylation sites (N-methyl/N-ethyl adjacent to an activating group) is 1. The Morgan fingerprint density at radius 3 is 2.48 bits per heavy atom. The maximum Gasteiger partial charge on any atom is 0.191 e. The molecule has 29 heavy (non-hydrogen) atoms. The molecule has 0 amide bonds. The van der Waals surface area contributed by atoms with Crippen molar-refractivity contribution in [3.8, 4) is 11.5 Å². The van der Waals surface area contributed by atoms with E-state index in [9.17, 15) is 0 Å². The molecule has 0 saturated heterocycles. The number of methoxy groups -OCH3 is 1. The second-order valence-electron chi connectivity index (χ2n) is 7.02. The summed E-state index contributed by atoms with van der Waals surface area (Å²) in [5.74, 6) is 2.58. The van der Waals surface area contributed by atoms with Crippen LogP contribution in [0.5, 0.6) is 11.5 Å². The van der Waals surface area contributed by atoms with Gasteiger partial charge in [0.2, 0.25) is 0 Å². The van der Waals surface area contributed by atoms with E-state index in [0.717, 1.165) is 49.1 Å². The lowest BCUT2D eigenvalue weighted by Crippen LogP contribution is -2.38. The van der Waals surface area contributed by atoms with Gasteiger partial charge in [-0.1, -0.05) is 24.3 Å². The van der Waals surface area contributed by atoms with Gasteiger partial charge in [0.05, 0.1) is 13.7 Å². The van der Waals surface area contributed by atoms with Crippen molar-refractivity contribution in [3.05, 3.63) is 59.7 Å². The van der Waals surface area contributed by atoms with E-state index in [1.165, 1.54) is 5.56 Å². The zero-order valence-electron chi connectivity index (χ0n) is 18.1. The lowest BCUT2D eigenvalue weighted by Gasteiger charge is -2.13. The van der Waals surface area contributed by atoms with Crippen molar-refractivity contribution in [2.45, 2.75) is 19.9 Å². The zero-order chi connectivity index (χ0) is 20.9. The molecule has 6 heteroatoms. The fourth-order valence-corrected chi connectivity index (χ4v) is 2.71. The Labute approximate surface area is 174 Å². The summed E-state index contributed by atoms with van der Waals surface area (Å²) < 4.78 is 11.0. The molecular weight excluding hydrogens is 364 g/mol. The van der Waals surface area contributed by atoms with Gasteiger partial charge in [0.25, 0.3) is 0 Å². The molecule has 0 aliphatic heterocycles. The van der Waals surface area contributed by atoms with Gasteiger partial charge in [-0.15, -0.1) is 0 Å². The highest BCUT2D eigenvalue weighted by Crippen LogP contribution is 2.14. The topological polar surface area (TPSA) is 58.1 Å². The Morgan fingerprint density at radius 2 is 1.79 bits per heavy atom. The van der Waals surface area contributed by atoms with E-state index >= 15 is 0 Å². The van der Waals surface area contributed by atoms with E-state index in [1.807, 2.05) is 38.4 Å². The van der Waals surface area contributed by atoms with Crippen LogP contribution in [0.1, 0.15) is 18.1 Å². The molecule has 2 N–H and O–H groups in total. The van der Waals surface area contributed by atoms with Crippen LogP contribution in [-0.2, 0) is 13.0 Å². The molecule has 2 aromatic carbocycles. The van der Waals surface area contributed by atoms with Gasteiger partial charge < -0.3 is 25.0 Å². The average Bonchev–Trinajstić information content (AvgIpc) is 2.72. The van der Waals surface area contributed by atoms with Gasteiger partial charge in [0.15, 0.2) is 5.96 Å². The van der Waals surface area contributed by atoms with E-state index in [4.69, 9.17) is 14.5 Å². The summed E-state index contributed by atoms with van der Waals surface area (Å²) in [5.41, 5.74) is 2.39. The normalized spacial score (nSPS) is 11.4. The van der Waals surface area contributed by atoms with Crippen LogP contribution in [0, 0.1) is 0 Å². The molecule has 0 saturated carbocycles. The number of nitrogens with one attached hydrogen (secondary N) is 2. The fourth-order valence-electron chi connectivity index (χ4n) is 2.71. The molecule has 0 aliphatic rings. The van der Waals surface area contributed by atoms with E-state index in [2.05, 4.69) is 46.7 Å². The second-order valence-corrected chi connectivity index (χ2v) is 7.02. The predicted octanol–water partition coefficient (Wildman–Crippen LogP) is 2.93. The lowest BCUT2D eigenvalue weighted by molar-refractivity contribution is 0.261. The molecule has 0 heterocycles. The summed E-state index contributed by atoms with van der Waals surface area (Å²) in [7, 11) is 5.76. The summed E-state index contributed by atoms with van der Waals surface area (Å²) in [4.78, 5) is 6.81. The maximum absolute atomic E-state index is 5.81. The number of aliphatic imine (C=N–C) groups is 1. The first-order valence-corrected chi connectivity index (χ1v) is 10.1. The standard InChI is InChI=1S/C23H34N4O2/c1-5-24-23(25-14-13-19-9-11-21(28-4)12-10-19)26-18-20-7-6-8-22(17-20)29-16-15-27(2)3/h6-12,17H,5,13-16,18H2,1-4H3,(H2,24,25,26). The molecule has 2 aromatic rings. The number of benzene rings is 2. The summed E-state index contributed by atoms with van der Waals surface area (Å²) >= 11 is 0. The lowest BCUT2D eigenvalue weighted by atomic mass is 10.1. The van der Waals surface area contributed by atoms with Crippen LogP contribution in [0.15, 0.2) is 53.5 Å². The van der Waals surface area contributed by atoms with Crippen molar-refractivity contribution < 1.29 is 9.47 Å². The average molecular weight is 399 g/mol. The first kappa shape index (κ1) is 22.6. The molecular formula is C23H34N4O2. The number of rotatable bonds is 11. The molecule has 0 aromatic heterocycles. The van der Waals surface area contributed by atoms with E-state index in [-0.39, 0.29) is 0 Å². The molecule has 2 rings (SSSR count). The smallest absolute Gasteiger partial charge is 0.191 e. The van der Waals surface area contributed by atoms with Crippen LogP contribution in [0.4, 0.5) is 0 Å².